The molecule has 1 heterocycles. The number of anilines is 3. The van der Waals surface area contributed by atoms with E-state index in [-0.39, 0.29) is 10.7 Å². The van der Waals surface area contributed by atoms with Gasteiger partial charge in [0.15, 0.2) is 11.6 Å². The smallest absolute Gasteiger partial charge is 0.263 e. The summed E-state index contributed by atoms with van der Waals surface area (Å²) in [5.74, 6) is 0.634. The zero-order valence-electron chi connectivity index (χ0n) is 14.2. The first-order valence-electron chi connectivity index (χ1n) is 7.80. The Balaban J connectivity index is 1.76. The van der Waals surface area contributed by atoms with E-state index >= 15 is 0 Å². The van der Waals surface area contributed by atoms with Crippen LogP contribution in [0.4, 0.5) is 17.3 Å². The Morgan fingerprint density at radius 2 is 1.54 bits per heavy atom. The van der Waals surface area contributed by atoms with E-state index in [9.17, 15) is 8.42 Å². The van der Waals surface area contributed by atoms with Crippen LogP contribution in [0.25, 0.3) is 0 Å². The second-order valence-corrected chi connectivity index (χ2v) is 7.90. The predicted octanol–water partition coefficient (Wildman–Crippen LogP) is 4.29. The highest BCUT2D eigenvalue weighted by atomic mass is 35.5. The molecule has 0 aliphatic carbocycles. The van der Waals surface area contributed by atoms with Crippen molar-refractivity contribution < 1.29 is 8.42 Å². The lowest BCUT2D eigenvalue weighted by Crippen LogP contribution is -2.15. The minimum absolute atomic E-state index is 0.146. The number of hydrogen-bond donors (Lipinski definition) is 2. The number of nitrogens with zero attached hydrogens (tertiary/aromatic N) is 2. The van der Waals surface area contributed by atoms with Crippen LogP contribution in [0.2, 0.25) is 5.02 Å². The van der Waals surface area contributed by atoms with Gasteiger partial charge in [-0.05, 0) is 67.4 Å². The summed E-state index contributed by atoms with van der Waals surface area (Å²) in [6.07, 6.45) is 0. The zero-order valence-corrected chi connectivity index (χ0v) is 15.8. The topological polar surface area (TPSA) is 84.0 Å². The largest absolute Gasteiger partial charge is 0.339 e. The molecule has 8 heteroatoms. The van der Waals surface area contributed by atoms with E-state index < -0.39 is 10.0 Å². The van der Waals surface area contributed by atoms with Gasteiger partial charge in [-0.2, -0.15) is 0 Å². The molecule has 0 unspecified atom stereocenters. The Bertz CT molecular complexity index is 1020. The summed E-state index contributed by atoms with van der Waals surface area (Å²) in [5, 5.41) is 11.6. The molecule has 0 saturated carbocycles. The molecule has 0 saturated heterocycles. The lowest BCUT2D eigenvalue weighted by atomic mass is 10.2. The maximum atomic E-state index is 12.6. The van der Waals surface area contributed by atoms with Crippen LogP contribution in [-0.4, -0.2) is 18.6 Å². The van der Waals surface area contributed by atoms with Crippen molar-refractivity contribution in [3.63, 3.8) is 0 Å². The van der Waals surface area contributed by atoms with E-state index in [1.165, 1.54) is 0 Å². The molecular weight excluding hydrogens is 372 g/mol. The van der Waals surface area contributed by atoms with E-state index in [4.69, 9.17) is 11.6 Å². The van der Waals surface area contributed by atoms with Gasteiger partial charge in [0.1, 0.15) is 0 Å². The molecule has 3 rings (SSSR count). The molecule has 0 spiro atoms. The Morgan fingerprint density at radius 3 is 2.19 bits per heavy atom. The van der Waals surface area contributed by atoms with E-state index in [1.807, 2.05) is 13.0 Å². The van der Waals surface area contributed by atoms with Gasteiger partial charge in [-0.15, -0.1) is 10.2 Å². The summed E-state index contributed by atoms with van der Waals surface area (Å²) >= 11 is 5.85. The Kier molecular flexibility index (Phi) is 5.11. The first-order valence-corrected chi connectivity index (χ1v) is 9.66. The standard InChI is InChI=1S/C18H17ClN4O2S/c1-12-3-4-13(2)16(11-12)26(24,25)23-18-10-9-17(21-22-18)20-15-7-5-14(19)6-8-15/h3-11H,1-2H3,(H,20,21)(H,22,23). The highest BCUT2D eigenvalue weighted by molar-refractivity contribution is 7.92. The van der Waals surface area contributed by atoms with Crippen molar-refractivity contribution in [1.82, 2.24) is 10.2 Å². The number of sulfonamides is 1. The summed E-state index contributed by atoms with van der Waals surface area (Å²) in [4.78, 5) is 0.225. The van der Waals surface area contributed by atoms with Gasteiger partial charge in [0.05, 0.1) is 4.90 Å². The van der Waals surface area contributed by atoms with Crippen molar-refractivity contribution in [1.29, 1.82) is 0 Å². The third-order valence-electron chi connectivity index (χ3n) is 3.65. The third-order valence-corrected chi connectivity index (χ3v) is 5.40. The van der Waals surface area contributed by atoms with Gasteiger partial charge in [0, 0.05) is 10.7 Å². The molecule has 0 atom stereocenters. The van der Waals surface area contributed by atoms with Gasteiger partial charge in [0.2, 0.25) is 0 Å². The van der Waals surface area contributed by atoms with Crippen LogP contribution in [0.5, 0.6) is 0 Å². The maximum absolute atomic E-state index is 12.6. The molecule has 2 aromatic carbocycles. The summed E-state index contributed by atoms with van der Waals surface area (Å²) in [6.45, 7) is 3.59. The van der Waals surface area contributed by atoms with Crippen LogP contribution < -0.4 is 10.0 Å². The Morgan fingerprint density at radius 1 is 0.885 bits per heavy atom. The average molecular weight is 389 g/mol. The fourth-order valence-electron chi connectivity index (χ4n) is 2.32. The van der Waals surface area contributed by atoms with Gasteiger partial charge in [-0.25, -0.2) is 8.42 Å². The summed E-state index contributed by atoms with van der Waals surface area (Å²) < 4.78 is 27.6. The van der Waals surface area contributed by atoms with Crippen molar-refractivity contribution in [2.75, 3.05) is 10.0 Å². The lowest BCUT2D eigenvalue weighted by Gasteiger charge is -2.11. The highest BCUT2D eigenvalue weighted by Gasteiger charge is 2.18. The van der Waals surface area contributed by atoms with Crippen LogP contribution in [0, 0.1) is 13.8 Å². The van der Waals surface area contributed by atoms with Crippen molar-refractivity contribution in [3.8, 4) is 0 Å². The van der Waals surface area contributed by atoms with Crippen LogP contribution in [0.15, 0.2) is 59.5 Å². The van der Waals surface area contributed by atoms with Gasteiger partial charge in [0.25, 0.3) is 10.0 Å². The summed E-state index contributed by atoms with van der Waals surface area (Å²) in [7, 11) is -3.73. The zero-order chi connectivity index (χ0) is 18.7. The van der Waals surface area contributed by atoms with Crippen molar-refractivity contribution in [2.45, 2.75) is 18.7 Å². The van der Waals surface area contributed by atoms with Crippen molar-refractivity contribution in [2.24, 2.45) is 0 Å². The summed E-state index contributed by atoms with van der Waals surface area (Å²) in [6, 6.07) is 15.6. The molecule has 0 aliphatic heterocycles. The second kappa shape index (κ2) is 7.31. The molecule has 134 valence electrons. The molecule has 2 N–H and O–H groups in total. The van der Waals surface area contributed by atoms with Gasteiger partial charge in [-0.3, -0.25) is 4.72 Å². The van der Waals surface area contributed by atoms with Gasteiger partial charge < -0.3 is 5.32 Å². The number of rotatable bonds is 5. The summed E-state index contributed by atoms with van der Waals surface area (Å²) in [5.41, 5.74) is 2.33. The number of benzene rings is 2. The highest BCUT2D eigenvalue weighted by Crippen LogP contribution is 2.21. The number of aryl methyl sites for hydroxylation is 2. The Labute approximate surface area is 157 Å². The number of aromatic nitrogens is 2. The Hall–Kier alpha value is -2.64. The first kappa shape index (κ1) is 18.2. The number of nitrogens with one attached hydrogen (secondary N) is 2. The lowest BCUT2D eigenvalue weighted by molar-refractivity contribution is 0.600. The average Bonchev–Trinajstić information content (AvgIpc) is 2.60. The molecule has 0 aliphatic rings. The second-order valence-electron chi connectivity index (χ2n) is 5.81. The van der Waals surface area contributed by atoms with Crippen molar-refractivity contribution in [3.05, 3.63) is 70.7 Å². The molecular formula is C18H17ClN4O2S. The van der Waals surface area contributed by atoms with E-state index in [0.29, 0.717) is 16.4 Å². The molecule has 0 radical (unpaired) electrons. The van der Waals surface area contributed by atoms with Crippen LogP contribution in [0.3, 0.4) is 0 Å². The predicted molar refractivity (Wildman–Crippen MR) is 103 cm³/mol. The first-order chi connectivity index (χ1) is 12.3. The SMILES string of the molecule is Cc1ccc(C)c(S(=O)(=O)Nc2ccc(Nc3ccc(Cl)cc3)nn2)c1. The third kappa shape index (κ3) is 4.30. The maximum Gasteiger partial charge on any atom is 0.263 e. The molecule has 0 bridgehead atoms. The van der Waals surface area contributed by atoms with Crippen LogP contribution in [0.1, 0.15) is 11.1 Å². The molecule has 3 aromatic rings. The minimum atomic E-state index is -3.73. The number of hydrogen-bond acceptors (Lipinski definition) is 5. The monoisotopic (exact) mass is 388 g/mol. The fourth-order valence-corrected chi connectivity index (χ4v) is 3.78. The van der Waals surface area contributed by atoms with Gasteiger partial charge >= 0.3 is 0 Å². The normalized spacial score (nSPS) is 11.2. The fraction of sp³-hybridized carbons (Fsp3) is 0.111. The quantitative estimate of drug-likeness (QED) is 0.681. The van der Waals surface area contributed by atoms with Crippen LogP contribution >= 0.6 is 11.6 Å². The van der Waals surface area contributed by atoms with E-state index in [0.717, 1.165) is 11.3 Å². The van der Waals surface area contributed by atoms with Crippen LogP contribution in [-0.2, 0) is 10.0 Å². The van der Waals surface area contributed by atoms with E-state index in [1.54, 1.807) is 55.5 Å². The minimum Gasteiger partial charge on any atom is -0.339 e. The number of halogens is 1. The molecule has 0 fully saturated rings. The van der Waals surface area contributed by atoms with Gasteiger partial charge in [-0.1, -0.05) is 23.7 Å². The molecule has 6 nitrogen and oxygen atoms in total. The van der Waals surface area contributed by atoms with E-state index in [2.05, 4.69) is 20.2 Å². The molecule has 26 heavy (non-hydrogen) atoms. The molecule has 0 amide bonds. The molecule has 1 aromatic heterocycles. The van der Waals surface area contributed by atoms with Crippen molar-refractivity contribution >= 4 is 38.9 Å².